The van der Waals surface area contributed by atoms with Crippen LogP contribution in [0.25, 0.3) is 0 Å². The van der Waals surface area contributed by atoms with Gasteiger partial charge in [0.25, 0.3) is 15.8 Å². The maximum atomic E-state index is 12.4. The predicted octanol–water partition coefficient (Wildman–Crippen LogP) is 2.92. The molecule has 0 radical (unpaired) electrons. The second kappa shape index (κ2) is 7.20. The summed E-state index contributed by atoms with van der Waals surface area (Å²) >= 11 is 0. The highest BCUT2D eigenvalue weighted by molar-refractivity contribution is 7.86. The minimum Gasteiger partial charge on any atom is -0.444 e. The first-order chi connectivity index (χ1) is 11.9. The topological polar surface area (TPSA) is 127 Å². The lowest BCUT2D eigenvalue weighted by molar-refractivity contribution is -0.384. The Morgan fingerprint density at radius 3 is 2.35 bits per heavy atom. The van der Waals surface area contributed by atoms with Crippen LogP contribution in [0.15, 0.2) is 24.3 Å². The lowest BCUT2D eigenvalue weighted by atomic mass is 9.90. The highest BCUT2D eigenvalue weighted by Gasteiger charge is 2.44. The quantitative estimate of drug-likeness (QED) is 0.480. The van der Waals surface area contributed by atoms with Gasteiger partial charge in [-0.3, -0.25) is 19.6 Å². The molecule has 1 saturated heterocycles. The predicted molar refractivity (Wildman–Crippen MR) is 93.3 cm³/mol. The lowest BCUT2D eigenvalue weighted by Crippen LogP contribution is -2.52. The summed E-state index contributed by atoms with van der Waals surface area (Å²) in [4.78, 5) is 23.7. The minimum atomic E-state index is -4.61. The molecule has 10 heteroatoms. The number of nitrogens with zero attached hydrogens (tertiary/aromatic N) is 2. The van der Waals surface area contributed by atoms with E-state index in [-0.39, 0.29) is 12.2 Å². The molecule has 1 aromatic carbocycles. The Bertz CT molecular complexity index is 784. The molecule has 0 spiro atoms. The molecule has 1 heterocycles. The lowest BCUT2D eigenvalue weighted by Gasteiger charge is -2.39. The second-order valence-electron chi connectivity index (χ2n) is 7.18. The van der Waals surface area contributed by atoms with Crippen LogP contribution in [0.2, 0.25) is 0 Å². The number of carbonyl (C=O) groups is 1. The highest BCUT2D eigenvalue weighted by Crippen LogP contribution is 2.36. The van der Waals surface area contributed by atoms with Crippen molar-refractivity contribution in [2.24, 2.45) is 0 Å². The van der Waals surface area contributed by atoms with Gasteiger partial charge in [-0.2, -0.15) is 8.42 Å². The van der Waals surface area contributed by atoms with E-state index in [1.807, 2.05) is 0 Å². The Hall–Kier alpha value is -2.20. The first-order valence-corrected chi connectivity index (χ1v) is 9.61. The zero-order valence-electron chi connectivity index (χ0n) is 14.8. The minimum absolute atomic E-state index is 0.128. The van der Waals surface area contributed by atoms with E-state index in [0.29, 0.717) is 18.4 Å². The molecule has 0 saturated carbocycles. The summed E-state index contributed by atoms with van der Waals surface area (Å²) in [5.41, 5.74) is -0.454. The molecule has 26 heavy (non-hydrogen) atoms. The highest BCUT2D eigenvalue weighted by atomic mass is 32.2. The van der Waals surface area contributed by atoms with Gasteiger partial charge in [0, 0.05) is 24.6 Å². The molecule has 1 N–H and O–H groups in total. The fourth-order valence-corrected chi connectivity index (χ4v) is 4.25. The number of benzene rings is 1. The number of hydrogen-bond acceptors (Lipinski definition) is 6. The van der Waals surface area contributed by atoms with Crippen LogP contribution >= 0.6 is 0 Å². The van der Waals surface area contributed by atoms with Gasteiger partial charge in [-0.15, -0.1) is 0 Å². The molecule has 1 aliphatic rings. The summed E-state index contributed by atoms with van der Waals surface area (Å²) in [6.45, 7) is 5.10. The van der Waals surface area contributed by atoms with Crippen molar-refractivity contribution < 1.29 is 27.4 Å². The molecule has 1 amide bonds. The van der Waals surface area contributed by atoms with Crippen molar-refractivity contribution in [2.75, 3.05) is 6.54 Å². The third-order valence-corrected chi connectivity index (χ3v) is 5.22. The Kier molecular flexibility index (Phi) is 5.57. The summed E-state index contributed by atoms with van der Waals surface area (Å²) in [7, 11) is -4.61. The summed E-state index contributed by atoms with van der Waals surface area (Å²) in [5.74, 6) is -0.716. The van der Waals surface area contributed by atoms with Gasteiger partial charge in [-0.05, 0) is 39.2 Å². The molecule has 1 unspecified atom stereocenters. The second-order valence-corrected chi connectivity index (χ2v) is 8.69. The number of hydrogen-bond donors (Lipinski definition) is 1. The monoisotopic (exact) mass is 386 g/mol. The van der Waals surface area contributed by atoms with Crippen molar-refractivity contribution in [3.63, 3.8) is 0 Å². The Balaban J connectivity index is 2.38. The number of nitro benzene ring substituents is 1. The van der Waals surface area contributed by atoms with Gasteiger partial charge >= 0.3 is 6.09 Å². The van der Waals surface area contributed by atoms with Crippen LogP contribution < -0.4 is 0 Å². The van der Waals surface area contributed by atoms with Gasteiger partial charge in [-0.25, -0.2) is 4.79 Å². The zero-order chi connectivity index (χ0) is 19.7. The van der Waals surface area contributed by atoms with Gasteiger partial charge in [0.05, 0.1) is 4.92 Å². The van der Waals surface area contributed by atoms with E-state index in [1.165, 1.54) is 24.3 Å². The maximum absolute atomic E-state index is 12.4. The molecule has 2 rings (SSSR count). The van der Waals surface area contributed by atoms with E-state index in [4.69, 9.17) is 4.74 Å². The standard InChI is InChI=1S/C16H22N2O7S/c1-16(2,3)25-15(19)17-10-4-5-13(14(17)26(22,23)24)11-6-8-12(9-7-11)18(20)21/h6-9,13-14H,4-5,10H2,1-3H3,(H,22,23,24)/t13?,14-/m1/s1. The molecule has 1 aromatic rings. The Labute approximate surface area is 151 Å². The number of amides is 1. The zero-order valence-corrected chi connectivity index (χ0v) is 15.6. The van der Waals surface area contributed by atoms with E-state index < -0.39 is 38.0 Å². The number of nitro groups is 1. The van der Waals surface area contributed by atoms with Crippen LogP contribution in [-0.2, 0) is 14.9 Å². The average Bonchev–Trinajstić information content (AvgIpc) is 2.51. The van der Waals surface area contributed by atoms with Crippen molar-refractivity contribution in [1.29, 1.82) is 0 Å². The summed E-state index contributed by atoms with van der Waals surface area (Å²) in [6, 6.07) is 5.42. The van der Waals surface area contributed by atoms with Crippen LogP contribution in [-0.4, -0.2) is 46.4 Å². The molecule has 1 aliphatic heterocycles. The molecule has 144 valence electrons. The van der Waals surface area contributed by atoms with Crippen molar-refractivity contribution in [1.82, 2.24) is 4.90 Å². The van der Waals surface area contributed by atoms with Crippen molar-refractivity contribution in [3.8, 4) is 0 Å². The molecule has 0 aromatic heterocycles. The molecular weight excluding hydrogens is 364 g/mol. The van der Waals surface area contributed by atoms with Gasteiger partial charge in [0.15, 0.2) is 5.37 Å². The largest absolute Gasteiger partial charge is 0.444 e. The molecule has 2 atom stereocenters. The van der Waals surface area contributed by atoms with Crippen LogP contribution in [0.5, 0.6) is 0 Å². The van der Waals surface area contributed by atoms with Crippen LogP contribution in [0.3, 0.4) is 0 Å². The SMILES string of the molecule is CC(C)(C)OC(=O)N1CCCC(c2ccc([N+](=O)[O-])cc2)[C@H]1S(=O)(=O)O. The fraction of sp³-hybridized carbons (Fsp3) is 0.562. The Morgan fingerprint density at radius 2 is 1.88 bits per heavy atom. The maximum Gasteiger partial charge on any atom is 0.411 e. The van der Waals surface area contributed by atoms with Gasteiger partial charge < -0.3 is 4.74 Å². The summed E-state index contributed by atoms with van der Waals surface area (Å²) in [5, 5.41) is 9.28. The smallest absolute Gasteiger partial charge is 0.411 e. The average molecular weight is 386 g/mol. The van der Waals surface area contributed by atoms with Crippen molar-refractivity contribution >= 4 is 21.9 Å². The first-order valence-electron chi connectivity index (χ1n) is 8.10. The van der Waals surface area contributed by atoms with Gasteiger partial charge in [0.2, 0.25) is 0 Å². The van der Waals surface area contributed by atoms with Crippen LogP contribution in [0, 0.1) is 10.1 Å². The number of non-ortho nitro benzene ring substituents is 1. The normalized spacial score (nSPS) is 21.3. The van der Waals surface area contributed by atoms with Gasteiger partial charge in [-0.1, -0.05) is 12.1 Å². The third kappa shape index (κ3) is 4.70. The fourth-order valence-electron chi connectivity index (χ4n) is 3.03. The van der Waals surface area contributed by atoms with E-state index >= 15 is 0 Å². The van der Waals surface area contributed by atoms with Crippen LogP contribution in [0.4, 0.5) is 10.5 Å². The molecule has 1 fully saturated rings. The number of ether oxygens (including phenoxy) is 1. The van der Waals surface area contributed by atoms with E-state index in [9.17, 15) is 27.9 Å². The van der Waals surface area contributed by atoms with E-state index in [0.717, 1.165) is 4.90 Å². The summed E-state index contributed by atoms with van der Waals surface area (Å²) in [6.07, 6.45) is 0.0841. The van der Waals surface area contributed by atoms with Crippen LogP contribution in [0.1, 0.15) is 45.1 Å². The van der Waals surface area contributed by atoms with Crippen molar-refractivity contribution in [3.05, 3.63) is 39.9 Å². The molecule has 0 aliphatic carbocycles. The number of carbonyl (C=O) groups excluding carboxylic acids is 1. The molecule has 0 bridgehead atoms. The number of likely N-dealkylation sites (tertiary alicyclic amines) is 1. The molecule has 9 nitrogen and oxygen atoms in total. The Morgan fingerprint density at radius 1 is 1.31 bits per heavy atom. The van der Waals surface area contributed by atoms with E-state index in [2.05, 4.69) is 0 Å². The first kappa shape index (κ1) is 20.1. The number of rotatable bonds is 3. The van der Waals surface area contributed by atoms with Gasteiger partial charge in [0.1, 0.15) is 5.60 Å². The summed E-state index contributed by atoms with van der Waals surface area (Å²) < 4.78 is 39.1. The van der Waals surface area contributed by atoms with Crippen molar-refractivity contribution in [2.45, 2.75) is 50.5 Å². The third-order valence-electron chi connectivity index (χ3n) is 4.03. The number of piperidine rings is 1. The molecular formula is C16H22N2O7S. The van der Waals surface area contributed by atoms with E-state index in [1.54, 1.807) is 20.8 Å².